The number of rotatable bonds is 5. The number of allylic oxidation sites excluding steroid dienone is 2. The molecule has 3 nitrogen and oxygen atoms in total. The Morgan fingerprint density at radius 2 is 1.48 bits per heavy atom. The summed E-state index contributed by atoms with van der Waals surface area (Å²) in [4.78, 5) is -0.381. The largest absolute Gasteiger partial charge is 0.494 e. The molecule has 4 rings (SSSR count). The van der Waals surface area contributed by atoms with E-state index in [-0.39, 0.29) is 10.3 Å². The molecule has 1 saturated carbocycles. The van der Waals surface area contributed by atoms with Crippen LogP contribution in [0.25, 0.3) is 11.1 Å². The van der Waals surface area contributed by atoms with Crippen LogP contribution in [0.2, 0.25) is 10.0 Å². The van der Waals surface area contributed by atoms with Gasteiger partial charge in [0.15, 0.2) is 5.75 Å². The van der Waals surface area contributed by atoms with Gasteiger partial charge in [0.1, 0.15) is 0 Å². The van der Waals surface area contributed by atoms with Crippen LogP contribution >= 0.6 is 23.2 Å². The van der Waals surface area contributed by atoms with Crippen molar-refractivity contribution >= 4 is 44.2 Å². The van der Waals surface area contributed by atoms with Crippen LogP contribution in [0.4, 0.5) is 8.78 Å². The van der Waals surface area contributed by atoms with Crippen LogP contribution in [-0.2, 0) is 9.84 Å². The zero-order chi connectivity index (χ0) is 21.0. The summed E-state index contributed by atoms with van der Waals surface area (Å²) < 4.78 is 54.2. The molecule has 0 saturated heterocycles. The fraction of sp³-hybridized carbons (Fsp3) is 0.333. The Morgan fingerprint density at radius 3 is 1.93 bits per heavy atom. The highest BCUT2D eigenvalue weighted by molar-refractivity contribution is 7.91. The van der Waals surface area contributed by atoms with Gasteiger partial charge in [-0.2, -0.15) is 8.78 Å². The lowest BCUT2D eigenvalue weighted by atomic mass is 9.97. The van der Waals surface area contributed by atoms with Crippen molar-refractivity contribution in [2.45, 2.75) is 36.3 Å². The molecule has 1 spiro atoms. The molecule has 2 aromatic carbocycles. The Bertz CT molecular complexity index is 1080. The number of alkyl halides is 2. The minimum atomic E-state index is -4.61. The van der Waals surface area contributed by atoms with Crippen molar-refractivity contribution in [2.24, 2.45) is 5.41 Å². The van der Waals surface area contributed by atoms with Crippen LogP contribution in [0.3, 0.4) is 0 Å². The summed E-state index contributed by atoms with van der Waals surface area (Å²) in [6, 6.07) is 9.31. The molecule has 0 unspecified atom stereocenters. The molecular formula is C21H18Cl2F2O3S. The van der Waals surface area contributed by atoms with E-state index < -0.39 is 15.6 Å². The lowest BCUT2D eigenvalue weighted by molar-refractivity contribution is 0.234. The van der Waals surface area contributed by atoms with Crippen molar-refractivity contribution < 1.29 is 21.9 Å². The number of methoxy groups -OCH3 is 1. The Kier molecular flexibility index (Phi) is 5.16. The van der Waals surface area contributed by atoms with Gasteiger partial charge in [0, 0.05) is 0 Å². The average molecular weight is 459 g/mol. The quantitative estimate of drug-likeness (QED) is 0.514. The van der Waals surface area contributed by atoms with Crippen LogP contribution in [0.5, 0.6) is 5.75 Å². The fourth-order valence-corrected chi connectivity index (χ4v) is 5.35. The molecule has 2 aliphatic carbocycles. The first kappa shape index (κ1) is 20.6. The summed E-state index contributed by atoms with van der Waals surface area (Å²) in [5.41, 5.74) is 4.10. The molecule has 0 atom stereocenters. The third-order valence-electron chi connectivity index (χ3n) is 5.74. The van der Waals surface area contributed by atoms with Crippen LogP contribution in [-0.4, -0.2) is 21.3 Å². The summed E-state index contributed by atoms with van der Waals surface area (Å²) in [6.45, 7) is 0. The van der Waals surface area contributed by atoms with Gasteiger partial charge in [0.05, 0.1) is 22.1 Å². The molecule has 0 aromatic heterocycles. The summed E-state index contributed by atoms with van der Waals surface area (Å²) in [7, 11) is -3.11. The minimum absolute atomic E-state index is 0.220. The molecule has 154 valence electrons. The Hall–Kier alpha value is -1.63. The first-order chi connectivity index (χ1) is 13.7. The van der Waals surface area contributed by atoms with E-state index in [2.05, 4.69) is 0 Å². The average Bonchev–Trinajstić information content (AvgIpc) is 3.31. The monoisotopic (exact) mass is 458 g/mol. The van der Waals surface area contributed by atoms with Crippen molar-refractivity contribution in [3.8, 4) is 5.75 Å². The van der Waals surface area contributed by atoms with E-state index in [0.717, 1.165) is 48.0 Å². The van der Waals surface area contributed by atoms with E-state index in [9.17, 15) is 17.2 Å². The first-order valence-electron chi connectivity index (χ1n) is 9.05. The maximum absolute atomic E-state index is 12.8. The number of benzene rings is 2. The second-order valence-corrected chi connectivity index (χ2v) is 10.3. The van der Waals surface area contributed by atoms with Crippen molar-refractivity contribution in [2.75, 3.05) is 7.11 Å². The van der Waals surface area contributed by atoms with E-state index in [0.29, 0.717) is 15.8 Å². The van der Waals surface area contributed by atoms with Crippen LogP contribution in [0.1, 0.15) is 36.8 Å². The zero-order valence-corrected chi connectivity index (χ0v) is 17.8. The zero-order valence-electron chi connectivity index (χ0n) is 15.5. The van der Waals surface area contributed by atoms with Crippen molar-refractivity contribution in [1.82, 2.24) is 0 Å². The lowest BCUT2D eigenvalue weighted by Crippen LogP contribution is -2.11. The predicted molar refractivity (Wildman–Crippen MR) is 110 cm³/mol. The van der Waals surface area contributed by atoms with Crippen LogP contribution in [0, 0.1) is 5.41 Å². The molecule has 2 aliphatic rings. The van der Waals surface area contributed by atoms with Crippen LogP contribution < -0.4 is 4.74 Å². The second-order valence-electron chi connectivity index (χ2n) is 7.61. The van der Waals surface area contributed by atoms with Gasteiger partial charge in [0.2, 0.25) is 9.84 Å². The highest BCUT2D eigenvalue weighted by Crippen LogP contribution is 2.63. The smallest absolute Gasteiger partial charge is 0.341 e. The molecule has 2 aromatic rings. The molecular weight excluding hydrogens is 441 g/mol. The predicted octanol–water partition coefficient (Wildman–Crippen LogP) is 6.48. The van der Waals surface area contributed by atoms with Gasteiger partial charge in [0.25, 0.3) is 0 Å². The lowest BCUT2D eigenvalue weighted by Gasteiger charge is -2.12. The Labute approximate surface area is 178 Å². The molecule has 8 heteroatoms. The normalized spacial score (nSPS) is 18.0. The molecule has 0 bridgehead atoms. The molecule has 0 amide bonds. The summed E-state index contributed by atoms with van der Waals surface area (Å²) in [5, 5.41) is 0.828. The van der Waals surface area contributed by atoms with E-state index in [1.165, 1.54) is 19.2 Å². The summed E-state index contributed by atoms with van der Waals surface area (Å²) in [5.74, 6) is -3.02. The molecule has 29 heavy (non-hydrogen) atoms. The van der Waals surface area contributed by atoms with E-state index in [1.807, 2.05) is 12.1 Å². The van der Waals surface area contributed by atoms with E-state index in [1.54, 1.807) is 12.1 Å². The Balaban J connectivity index is 1.78. The van der Waals surface area contributed by atoms with Crippen LogP contribution in [0.15, 0.2) is 41.3 Å². The van der Waals surface area contributed by atoms with Gasteiger partial charge in [-0.15, -0.1) is 0 Å². The summed E-state index contributed by atoms with van der Waals surface area (Å²) >= 11 is 12.6. The second kappa shape index (κ2) is 7.25. The highest BCUT2D eigenvalue weighted by atomic mass is 35.5. The van der Waals surface area contributed by atoms with Gasteiger partial charge < -0.3 is 4.74 Å². The third-order valence-corrected chi connectivity index (χ3v) is 7.70. The molecule has 0 N–H and O–H groups in total. The maximum atomic E-state index is 12.8. The fourth-order valence-electron chi connectivity index (χ4n) is 3.99. The van der Waals surface area contributed by atoms with Gasteiger partial charge in [-0.3, -0.25) is 0 Å². The van der Waals surface area contributed by atoms with E-state index in [4.69, 9.17) is 27.9 Å². The topological polar surface area (TPSA) is 43.4 Å². The van der Waals surface area contributed by atoms with E-state index >= 15 is 0 Å². The number of sulfone groups is 1. The molecule has 0 heterocycles. The van der Waals surface area contributed by atoms with Gasteiger partial charge >= 0.3 is 5.76 Å². The van der Waals surface area contributed by atoms with Crippen molar-refractivity contribution in [1.29, 1.82) is 0 Å². The standard InChI is InChI=1S/C21H18Cl2F2O3S/c1-28-19-17(22)8-13(9-18(19)23)16-11-21(6-7-21)10-15(16)12-2-4-14(5-3-12)29(26,27)20(24)25/h2-5,8-9,20H,6-7,10-11H2,1H3. The highest BCUT2D eigenvalue weighted by Gasteiger charge is 2.48. The van der Waals surface area contributed by atoms with Crippen molar-refractivity contribution in [3.63, 3.8) is 0 Å². The number of halogens is 4. The first-order valence-corrected chi connectivity index (χ1v) is 11.3. The third kappa shape index (κ3) is 3.66. The number of hydrogen-bond donors (Lipinski definition) is 0. The van der Waals surface area contributed by atoms with Gasteiger partial charge in [-0.1, -0.05) is 35.3 Å². The SMILES string of the molecule is COc1c(Cl)cc(C2=C(c3ccc(S(=O)(=O)C(F)F)cc3)CC3(CC3)C2)cc1Cl. The molecule has 1 fully saturated rings. The van der Waals surface area contributed by atoms with Crippen molar-refractivity contribution in [3.05, 3.63) is 57.6 Å². The van der Waals surface area contributed by atoms with Gasteiger partial charge in [-0.25, -0.2) is 8.42 Å². The number of hydrogen-bond acceptors (Lipinski definition) is 3. The summed E-state index contributed by atoms with van der Waals surface area (Å²) in [6.07, 6.45) is 3.97. The van der Waals surface area contributed by atoms with Gasteiger partial charge in [-0.05, 0) is 77.6 Å². The maximum Gasteiger partial charge on any atom is 0.341 e. The minimum Gasteiger partial charge on any atom is -0.494 e. The number of ether oxygens (including phenoxy) is 1. The molecule has 0 radical (unpaired) electrons. The Morgan fingerprint density at radius 1 is 0.966 bits per heavy atom. The molecule has 0 aliphatic heterocycles.